The van der Waals surface area contributed by atoms with Crippen molar-refractivity contribution in [2.75, 3.05) is 0 Å². The van der Waals surface area contributed by atoms with Gasteiger partial charge in [0.2, 0.25) is 41.6 Å². The Labute approximate surface area is 250 Å². The summed E-state index contributed by atoms with van der Waals surface area (Å²) in [7, 11) is 11.8. The molecule has 4 atom stereocenters. The van der Waals surface area contributed by atoms with Crippen molar-refractivity contribution in [3.63, 3.8) is 0 Å². The minimum Gasteiger partial charge on any atom is -0.383 e. The van der Waals surface area contributed by atoms with Gasteiger partial charge in [-0.15, -0.1) is 0 Å². The fourth-order valence-electron chi connectivity index (χ4n) is 2.50. The Hall–Kier alpha value is -1.81. The van der Waals surface area contributed by atoms with Crippen molar-refractivity contribution in [3.8, 4) is 0 Å². The molecule has 0 saturated heterocycles. The van der Waals surface area contributed by atoms with E-state index in [0.29, 0.717) is 22.8 Å². The minimum absolute atomic E-state index is 0. The van der Waals surface area contributed by atoms with Crippen LogP contribution in [0, 0.1) is 0 Å². The Balaban J connectivity index is 0.000000463. The summed E-state index contributed by atoms with van der Waals surface area (Å²) in [4.78, 5) is 0. The first kappa shape index (κ1) is 35.2. The van der Waals surface area contributed by atoms with E-state index in [-0.39, 0.29) is 26.2 Å². The van der Waals surface area contributed by atoms with Crippen LogP contribution in [0.15, 0.2) is 116 Å². The van der Waals surface area contributed by atoms with E-state index >= 15 is 0 Å². The van der Waals surface area contributed by atoms with Gasteiger partial charge in [-0.2, -0.15) is 0 Å². The summed E-state index contributed by atoms with van der Waals surface area (Å²) in [5, 5.41) is 36.3. The zero-order valence-electron chi connectivity index (χ0n) is 19.6. The van der Waals surface area contributed by atoms with Crippen molar-refractivity contribution >= 4 is 64.5 Å². The van der Waals surface area contributed by atoms with Gasteiger partial charge >= 0.3 is 0 Å². The van der Waals surface area contributed by atoms with Crippen LogP contribution in [0.4, 0.5) is 0 Å². The van der Waals surface area contributed by atoms with Crippen LogP contribution in [0.5, 0.6) is 0 Å². The Kier molecular flexibility index (Phi) is 20.1. The standard InChI is InChI=1S/4C6H6NOSi.Zr/c4*8-6-4-2-1-3-5(6)7-9;/h4*1-4,6,8H;. The van der Waals surface area contributed by atoms with Gasteiger partial charge in [-0.3, -0.25) is 0 Å². The van der Waals surface area contributed by atoms with E-state index in [4.69, 9.17) is 20.4 Å². The van der Waals surface area contributed by atoms with E-state index in [9.17, 15) is 0 Å². The van der Waals surface area contributed by atoms with Crippen LogP contribution in [-0.4, -0.2) is 109 Å². The molecule has 0 amide bonds. The van der Waals surface area contributed by atoms with Crippen LogP contribution in [0.1, 0.15) is 0 Å². The zero-order chi connectivity index (χ0) is 26.8. The molecule has 4 aliphatic rings. The van der Waals surface area contributed by atoms with Gasteiger partial charge in [0.25, 0.3) is 0 Å². The number of allylic oxidation sites excluding steroid dienone is 8. The van der Waals surface area contributed by atoms with Crippen LogP contribution in [0.2, 0.25) is 0 Å². The summed E-state index contributed by atoms with van der Waals surface area (Å²) in [5.41, 5.74) is 2.53. The maximum atomic E-state index is 9.07. The van der Waals surface area contributed by atoms with Gasteiger partial charge in [0.15, 0.2) is 0 Å². The molecule has 0 aliphatic heterocycles. The average molecular weight is 636 g/mol. The quantitative estimate of drug-likeness (QED) is 0.279. The molecule has 0 saturated carbocycles. The third kappa shape index (κ3) is 14.1. The van der Waals surface area contributed by atoms with Crippen molar-refractivity contribution < 1.29 is 46.6 Å². The second-order valence-electron chi connectivity index (χ2n) is 6.90. The van der Waals surface area contributed by atoms with Gasteiger partial charge in [-0.05, 0) is 24.3 Å². The van der Waals surface area contributed by atoms with Gasteiger partial charge in [0.1, 0.15) is 24.4 Å². The van der Waals surface area contributed by atoms with Gasteiger partial charge < -0.3 is 39.1 Å². The molecule has 12 radical (unpaired) electrons. The molecule has 4 N–H and O–H groups in total. The van der Waals surface area contributed by atoms with E-state index in [1.165, 1.54) is 0 Å². The summed E-state index contributed by atoms with van der Waals surface area (Å²) in [6.07, 6.45) is 25.9. The fraction of sp³-hybridized carbons (Fsp3) is 0.167. The van der Waals surface area contributed by atoms with Crippen molar-refractivity contribution in [1.82, 2.24) is 0 Å². The zero-order valence-corrected chi connectivity index (χ0v) is 26.1. The first-order valence-corrected chi connectivity index (χ1v) is 12.3. The van der Waals surface area contributed by atoms with E-state index in [2.05, 4.69) is 60.2 Å². The molecule has 0 bridgehead atoms. The van der Waals surface area contributed by atoms with E-state index in [1.54, 1.807) is 72.9 Å². The minimum atomic E-state index is -0.549. The molecule has 8 nitrogen and oxygen atoms in total. The molecule has 0 fully saturated rings. The second-order valence-corrected chi connectivity index (χ2v) is 7.80. The predicted molar refractivity (Wildman–Crippen MR) is 150 cm³/mol. The van der Waals surface area contributed by atoms with E-state index in [0.717, 1.165) is 0 Å². The SMILES string of the molecule is OC1C=CC=CC1=N[Si].OC1C=CC=CC1=N[Si].OC1C=CC=CC1=N[Si].OC1C=CC=CC1=N[Si].[Zr]. The molecular weight excluding hydrogens is 612 g/mol. The summed E-state index contributed by atoms with van der Waals surface area (Å²) in [6.45, 7) is 0. The van der Waals surface area contributed by atoms with Crippen molar-refractivity contribution in [2.45, 2.75) is 24.4 Å². The maximum Gasteiger partial charge on any atom is 0.221 e. The molecule has 0 heterocycles. The number of aliphatic hydroxyl groups excluding tert-OH is 4. The molecule has 4 rings (SSSR count). The molecule has 0 aromatic heterocycles. The number of aliphatic hydroxyl groups is 4. The van der Waals surface area contributed by atoms with Gasteiger partial charge in [0, 0.05) is 26.2 Å². The smallest absolute Gasteiger partial charge is 0.221 e. The van der Waals surface area contributed by atoms with Crippen LogP contribution in [-0.2, 0) is 26.2 Å². The monoisotopic (exact) mass is 634 g/mol. The molecule has 184 valence electrons. The summed E-state index contributed by atoms with van der Waals surface area (Å²) >= 11 is 0. The Morgan fingerprint density at radius 2 is 0.595 bits per heavy atom. The number of hydrogen-bond acceptors (Lipinski definition) is 8. The van der Waals surface area contributed by atoms with Crippen molar-refractivity contribution in [1.29, 1.82) is 0 Å². The van der Waals surface area contributed by atoms with E-state index in [1.807, 2.05) is 24.3 Å². The summed E-state index contributed by atoms with van der Waals surface area (Å²) in [5.74, 6) is 0. The predicted octanol–water partition coefficient (Wildman–Crippen LogP) is -0.0113. The Morgan fingerprint density at radius 1 is 0.405 bits per heavy atom. The first-order chi connectivity index (χ1) is 17.4. The van der Waals surface area contributed by atoms with Gasteiger partial charge in [0.05, 0.1) is 22.8 Å². The van der Waals surface area contributed by atoms with Gasteiger partial charge in [-0.25, -0.2) is 0 Å². The molecule has 37 heavy (non-hydrogen) atoms. The normalized spacial score (nSPS) is 28.8. The van der Waals surface area contributed by atoms with Crippen molar-refractivity contribution in [2.24, 2.45) is 18.6 Å². The first-order valence-electron chi connectivity index (χ1n) is 10.5. The molecule has 0 aromatic carbocycles. The van der Waals surface area contributed by atoms with Crippen LogP contribution in [0.3, 0.4) is 0 Å². The fourth-order valence-corrected chi connectivity index (χ4v) is 3.32. The third-order valence-corrected chi connectivity index (χ3v) is 5.45. The molecule has 0 aromatic rings. The summed E-state index contributed by atoms with van der Waals surface area (Å²) < 4.78 is 14.7. The summed E-state index contributed by atoms with van der Waals surface area (Å²) in [6, 6.07) is 0. The van der Waals surface area contributed by atoms with Crippen LogP contribution >= 0.6 is 0 Å². The average Bonchev–Trinajstić information content (AvgIpc) is 2.91. The van der Waals surface area contributed by atoms with E-state index < -0.39 is 24.4 Å². The number of nitrogens with zero attached hydrogens (tertiary/aromatic N) is 4. The molecular formula is C24H24N4O4Si4Zr. The topological polar surface area (TPSA) is 130 Å². The molecule has 13 heteroatoms. The third-order valence-electron chi connectivity index (χ3n) is 4.41. The maximum absolute atomic E-state index is 9.07. The largest absolute Gasteiger partial charge is 0.383 e. The van der Waals surface area contributed by atoms with Crippen LogP contribution < -0.4 is 0 Å². The number of rotatable bonds is 0. The van der Waals surface area contributed by atoms with Gasteiger partial charge in [-0.1, -0.05) is 72.9 Å². The molecule has 0 spiro atoms. The van der Waals surface area contributed by atoms with Crippen molar-refractivity contribution in [3.05, 3.63) is 97.2 Å². The van der Waals surface area contributed by atoms with Crippen LogP contribution in [0.25, 0.3) is 0 Å². The molecule has 4 aliphatic carbocycles. The molecule has 4 unspecified atom stereocenters. The number of hydrogen-bond donors (Lipinski definition) is 4. The second kappa shape index (κ2) is 21.2. The Bertz CT molecular complexity index is 909. The Morgan fingerprint density at radius 3 is 0.703 bits per heavy atom.